The van der Waals surface area contributed by atoms with Crippen LogP contribution in [0.4, 0.5) is 23.2 Å². The predicted molar refractivity (Wildman–Crippen MR) is 38.8 cm³/mol. The van der Waals surface area contributed by atoms with E-state index in [-0.39, 0.29) is 0 Å². The minimum atomic E-state index is -1.84. The van der Waals surface area contributed by atoms with Gasteiger partial charge in [0.05, 0.1) is 5.69 Å². The summed E-state index contributed by atoms with van der Waals surface area (Å²) in [6, 6.07) is 0.502. The zero-order chi connectivity index (χ0) is 9.30. The van der Waals surface area contributed by atoms with Gasteiger partial charge in [0.15, 0.2) is 23.3 Å². The maximum atomic E-state index is 12.6. The molecule has 0 bridgehead atoms. The summed E-state index contributed by atoms with van der Waals surface area (Å²) in [5.41, 5.74) is -0.494. The van der Waals surface area contributed by atoms with Crippen molar-refractivity contribution in [2.45, 2.75) is 0 Å². The predicted octanol–water partition coefficient (Wildman–Crippen LogP) is 2.96. The Hall–Kier alpha value is -0.780. The standard InChI is InChI=1S/C6H2BrF4N/c7-12-3-1-2(8)4(9)6(11)5(3)10/h1,12H. The van der Waals surface area contributed by atoms with Crippen molar-refractivity contribution in [3.63, 3.8) is 0 Å². The van der Waals surface area contributed by atoms with Gasteiger partial charge in [-0.1, -0.05) is 0 Å². The lowest BCUT2D eigenvalue weighted by Crippen LogP contribution is -1.98. The second-order valence-electron chi connectivity index (χ2n) is 1.94. The van der Waals surface area contributed by atoms with Crippen LogP contribution >= 0.6 is 16.1 Å². The number of hydrogen-bond acceptors (Lipinski definition) is 1. The molecule has 0 saturated carbocycles. The molecule has 0 aliphatic rings. The van der Waals surface area contributed by atoms with Gasteiger partial charge in [-0.25, -0.2) is 17.6 Å². The summed E-state index contributed by atoms with van der Waals surface area (Å²) >= 11 is 2.56. The lowest BCUT2D eigenvalue weighted by molar-refractivity contribution is 0.411. The molecule has 0 unspecified atom stereocenters. The quantitative estimate of drug-likeness (QED) is 0.346. The SMILES string of the molecule is Fc1cc(NBr)c(F)c(F)c1F. The van der Waals surface area contributed by atoms with Gasteiger partial charge in [-0.05, 0) is 0 Å². The van der Waals surface area contributed by atoms with E-state index in [0.717, 1.165) is 0 Å². The molecule has 1 rings (SSSR count). The van der Waals surface area contributed by atoms with Crippen molar-refractivity contribution in [2.24, 2.45) is 0 Å². The highest BCUT2D eigenvalue weighted by Crippen LogP contribution is 2.23. The molecule has 0 saturated heterocycles. The van der Waals surface area contributed by atoms with E-state index in [4.69, 9.17) is 0 Å². The van der Waals surface area contributed by atoms with Gasteiger partial charge in [0.25, 0.3) is 0 Å². The fourth-order valence-electron chi connectivity index (χ4n) is 0.642. The molecule has 0 spiro atoms. The monoisotopic (exact) mass is 243 g/mol. The van der Waals surface area contributed by atoms with Crippen molar-refractivity contribution in [2.75, 3.05) is 4.34 Å². The first-order valence-corrected chi connectivity index (χ1v) is 3.57. The molecule has 12 heavy (non-hydrogen) atoms. The number of anilines is 1. The topological polar surface area (TPSA) is 12.0 Å². The first-order chi connectivity index (χ1) is 5.57. The molecular formula is C6H2BrF4N. The van der Waals surface area contributed by atoms with Crippen LogP contribution in [0.25, 0.3) is 0 Å². The van der Waals surface area contributed by atoms with Crippen LogP contribution in [0.1, 0.15) is 0 Å². The number of benzene rings is 1. The molecule has 0 amide bonds. The summed E-state index contributed by atoms with van der Waals surface area (Å²) in [6.45, 7) is 0. The van der Waals surface area contributed by atoms with E-state index in [1.807, 2.05) is 4.34 Å². The first kappa shape index (κ1) is 9.31. The highest BCUT2D eigenvalue weighted by molar-refractivity contribution is 9.10. The number of rotatable bonds is 1. The average molecular weight is 244 g/mol. The van der Waals surface area contributed by atoms with Gasteiger partial charge < -0.3 is 4.34 Å². The van der Waals surface area contributed by atoms with Gasteiger partial charge in [-0.3, -0.25) is 0 Å². The minimum absolute atomic E-state index is 0.494. The molecule has 0 atom stereocenters. The Morgan fingerprint density at radius 2 is 1.58 bits per heavy atom. The van der Waals surface area contributed by atoms with Crippen molar-refractivity contribution in [1.82, 2.24) is 0 Å². The van der Waals surface area contributed by atoms with Crippen LogP contribution in [0.5, 0.6) is 0 Å². The summed E-state index contributed by atoms with van der Waals surface area (Å²) in [7, 11) is 0. The van der Waals surface area contributed by atoms with Crippen LogP contribution in [0.15, 0.2) is 6.07 Å². The zero-order valence-electron chi connectivity index (χ0n) is 5.47. The third-order valence-electron chi connectivity index (χ3n) is 1.20. The Labute approximate surface area is 73.7 Å². The molecule has 1 aromatic rings. The Morgan fingerprint density at radius 1 is 1.00 bits per heavy atom. The second-order valence-corrected chi connectivity index (χ2v) is 2.34. The van der Waals surface area contributed by atoms with Gasteiger partial charge in [-0.2, -0.15) is 0 Å². The Bertz CT molecular complexity index is 315. The molecule has 0 aliphatic heterocycles. The van der Waals surface area contributed by atoms with Gasteiger partial charge in [0, 0.05) is 22.2 Å². The largest absolute Gasteiger partial charge is 0.320 e. The molecule has 6 heteroatoms. The Morgan fingerprint density at radius 3 is 2.08 bits per heavy atom. The number of hydrogen-bond donors (Lipinski definition) is 1. The van der Waals surface area contributed by atoms with E-state index in [9.17, 15) is 17.6 Å². The van der Waals surface area contributed by atoms with E-state index in [1.165, 1.54) is 0 Å². The van der Waals surface area contributed by atoms with E-state index in [2.05, 4.69) is 16.1 Å². The van der Waals surface area contributed by atoms with Crippen LogP contribution in [-0.4, -0.2) is 0 Å². The average Bonchev–Trinajstić information content (AvgIpc) is 2.08. The lowest BCUT2D eigenvalue weighted by Gasteiger charge is -2.02. The molecule has 0 radical (unpaired) electrons. The van der Waals surface area contributed by atoms with Crippen LogP contribution in [0.3, 0.4) is 0 Å². The van der Waals surface area contributed by atoms with Gasteiger partial charge in [0.1, 0.15) is 0 Å². The smallest absolute Gasteiger partial charge is 0.199 e. The van der Waals surface area contributed by atoms with Crippen LogP contribution in [0, 0.1) is 23.3 Å². The van der Waals surface area contributed by atoms with Crippen LogP contribution < -0.4 is 4.34 Å². The van der Waals surface area contributed by atoms with Crippen LogP contribution in [0.2, 0.25) is 0 Å². The van der Waals surface area contributed by atoms with Crippen molar-refractivity contribution in [3.05, 3.63) is 29.3 Å². The third-order valence-corrected chi connectivity index (χ3v) is 1.63. The molecule has 0 fully saturated rings. The molecule has 1 nitrogen and oxygen atoms in total. The van der Waals surface area contributed by atoms with Crippen molar-refractivity contribution >= 4 is 21.8 Å². The summed E-state index contributed by atoms with van der Waals surface area (Å²) in [4.78, 5) is 0. The molecular weight excluding hydrogens is 242 g/mol. The third kappa shape index (κ3) is 1.38. The van der Waals surface area contributed by atoms with Crippen molar-refractivity contribution in [1.29, 1.82) is 0 Å². The molecule has 66 valence electrons. The van der Waals surface area contributed by atoms with E-state index in [1.54, 1.807) is 0 Å². The normalized spacial score (nSPS) is 10.1. The highest BCUT2D eigenvalue weighted by atomic mass is 79.9. The number of nitrogens with one attached hydrogen (secondary N) is 1. The first-order valence-electron chi connectivity index (χ1n) is 2.77. The lowest BCUT2D eigenvalue weighted by atomic mass is 10.3. The van der Waals surface area contributed by atoms with Gasteiger partial charge >= 0.3 is 0 Å². The summed E-state index contributed by atoms with van der Waals surface area (Å²) in [5, 5.41) is 0. The molecule has 1 N–H and O–H groups in total. The fraction of sp³-hybridized carbons (Fsp3) is 0. The maximum absolute atomic E-state index is 12.6. The summed E-state index contributed by atoms with van der Waals surface area (Å²) < 4.78 is 51.6. The van der Waals surface area contributed by atoms with Crippen molar-refractivity contribution in [3.8, 4) is 0 Å². The number of halogens is 5. The van der Waals surface area contributed by atoms with Gasteiger partial charge in [-0.15, -0.1) is 0 Å². The molecule has 0 heterocycles. The Balaban J connectivity index is 3.39. The van der Waals surface area contributed by atoms with Gasteiger partial charge in [0.2, 0.25) is 0 Å². The second kappa shape index (κ2) is 3.30. The van der Waals surface area contributed by atoms with Crippen LogP contribution in [-0.2, 0) is 0 Å². The highest BCUT2D eigenvalue weighted by Gasteiger charge is 2.17. The fourth-order valence-corrected chi connectivity index (χ4v) is 0.930. The summed E-state index contributed by atoms with van der Waals surface area (Å²) in [5.74, 6) is -6.57. The van der Waals surface area contributed by atoms with Crippen molar-refractivity contribution < 1.29 is 17.6 Å². The van der Waals surface area contributed by atoms with E-state index < -0.39 is 29.0 Å². The Kier molecular flexibility index (Phi) is 2.56. The zero-order valence-corrected chi connectivity index (χ0v) is 7.05. The minimum Gasteiger partial charge on any atom is -0.320 e. The van der Waals surface area contributed by atoms with E-state index in [0.29, 0.717) is 6.07 Å². The molecule has 0 aliphatic carbocycles. The molecule has 0 aromatic heterocycles. The molecule has 1 aromatic carbocycles. The van der Waals surface area contributed by atoms with E-state index >= 15 is 0 Å². The summed E-state index contributed by atoms with van der Waals surface area (Å²) in [6.07, 6.45) is 0. The maximum Gasteiger partial charge on any atom is 0.199 e.